The van der Waals surface area contributed by atoms with E-state index in [2.05, 4.69) is 10.3 Å². The molecule has 0 spiro atoms. The molecule has 23 heavy (non-hydrogen) atoms. The standard InChI is InChI=1S/C17H15N3O3/c21-16(19-13-6-2-1-3-7-13)11-23-17(22)10-20-12-18-14-8-4-5-9-15(14)20/h1-9,12H,10-11H2,(H,19,21). The highest BCUT2D eigenvalue weighted by Crippen LogP contribution is 2.11. The summed E-state index contributed by atoms with van der Waals surface area (Å²) < 4.78 is 6.69. The number of rotatable bonds is 5. The molecule has 6 heteroatoms. The van der Waals surface area contributed by atoms with Gasteiger partial charge >= 0.3 is 5.97 Å². The van der Waals surface area contributed by atoms with Crippen LogP contribution in [0.25, 0.3) is 11.0 Å². The Morgan fingerprint density at radius 2 is 1.78 bits per heavy atom. The van der Waals surface area contributed by atoms with Crippen molar-refractivity contribution in [3.63, 3.8) is 0 Å². The van der Waals surface area contributed by atoms with Gasteiger partial charge in [-0.05, 0) is 24.3 Å². The number of para-hydroxylation sites is 3. The number of hydrogen-bond acceptors (Lipinski definition) is 4. The number of anilines is 1. The van der Waals surface area contributed by atoms with Gasteiger partial charge in [0.2, 0.25) is 0 Å². The van der Waals surface area contributed by atoms with Crippen molar-refractivity contribution in [2.24, 2.45) is 0 Å². The van der Waals surface area contributed by atoms with E-state index >= 15 is 0 Å². The van der Waals surface area contributed by atoms with Gasteiger partial charge in [0.05, 0.1) is 17.4 Å². The molecule has 1 amide bonds. The number of imidazole rings is 1. The van der Waals surface area contributed by atoms with Crippen LogP contribution >= 0.6 is 0 Å². The van der Waals surface area contributed by atoms with Gasteiger partial charge in [-0.2, -0.15) is 0 Å². The molecule has 0 saturated carbocycles. The van der Waals surface area contributed by atoms with Crippen LogP contribution in [-0.2, 0) is 20.9 Å². The molecule has 116 valence electrons. The average Bonchev–Trinajstić information content (AvgIpc) is 2.97. The lowest BCUT2D eigenvalue weighted by Crippen LogP contribution is -2.22. The van der Waals surface area contributed by atoms with Crippen LogP contribution in [0, 0.1) is 0 Å². The first-order valence-corrected chi connectivity index (χ1v) is 7.13. The quantitative estimate of drug-likeness (QED) is 0.733. The average molecular weight is 309 g/mol. The molecule has 0 aliphatic carbocycles. The van der Waals surface area contributed by atoms with Gasteiger partial charge in [-0.15, -0.1) is 0 Å². The summed E-state index contributed by atoms with van der Waals surface area (Å²) in [6, 6.07) is 16.5. The first-order valence-electron chi connectivity index (χ1n) is 7.13. The van der Waals surface area contributed by atoms with Gasteiger partial charge in [0.15, 0.2) is 6.61 Å². The van der Waals surface area contributed by atoms with Crippen molar-refractivity contribution in [2.75, 3.05) is 11.9 Å². The van der Waals surface area contributed by atoms with Gasteiger partial charge in [-0.25, -0.2) is 4.98 Å². The summed E-state index contributed by atoms with van der Waals surface area (Å²) in [6.45, 7) is -0.306. The lowest BCUT2D eigenvalue weighted by Gasteiger charge is -2.07. The largest absolute Gasteiger partial charge is 0.454 e. The number of benzene rings is 2. The maximum atomic E-state index is 11.9. The highest BCUT2D eigenvalue weighted by molar-refractivity contribution is 5.92. The summed E-state index contributed by atoms with van der Waals surface area (Å²) in [4.78, 5) is 27.8. The monoisotopic (exact) mass is 309 g/mol. The second-order valence-corrected chi connectivity index (χ2v) is 4.94. The van der Waals surface area contributed by atoms with Crippen LogP contribution in [0.4, 0.5) is 5.69 Å². The van der Waals surface area contributed by atoms with Gasteiger partial charge in [0.25, 0.3) is 5.91 Å². The van der Waals surface area contributed by atoms with Gasteiger partial charge in [-0.3, -0.25) is 9.59 Å². The first kappa shape index (κ1) is 14.8. The van der Waals surface area contributed by atoms with E-state index in [0.717, 1.165) is 11.0 Å². The SMILES string of the molecule is O=C(COC(=O)Cn1cnc2ccccc21)Nc1ccccc1. The zero-order valence-corrected chi connectivity index (χ0v) is 12.3. The number of nitrogens with one attached hydrogen (secondary N) is 1. The molecule has 0 bridgehead atoms. The number of fused-ring (bicyclic) bond motifs is 1. The van der Waals surface area contributed by atoms with Crippen molar-refractivity contribution in [3.8, 4) is 0 Å². The van der Waals surface area contributed by atoms with Crippen LogP contribution in [-0.4, -0.2) is 28.0 Å². The topological polar surface area (TPSA) is 73.2 Å². The van der Waals surface area contributed by atoms with Crippen LogP contribution in [0.1, 0.15) is 0 Å². The molecule has 0 aliphatic rings. The van der Waals surface area contributed by atoms with Crippen LogP contribution in [0.15, 0.2) is 60.9 Å². The van der Waals surface area contributed by atoms with Crippen molar-refractivity contribution in [3.05, 3.63) is 60.9 Å². The van der Waals surface area contributed by atoms with Gasteiger partial charge in [0.1, 0.15) is 6.54 Å². The van der Waals surface area contributed by atoms with Crippen molar-refractivity contribution < 1.29 is 14.3 Å². The van der Waals surface area contributed by atoms with E-state index in [1.807, 2.05) is 42.5 Å². The van der Waals surface area contributed by atoms with Gasteiger partial charge in [-0.1, -0.05) is 30.3 Å². The maximum absolute atomic E-state index is 11.9. The van der Waals surface area contributed by atoms with E-state index in [0.29, 0.717) is 5.69 Å². The molecule has 0 atom stereocenters. The molecule has 0 aliphatic heterocycles. The molecule has 1 aromatic heterocycles. The molecule has 6 nitrogen and oxygen atoms in total. The summed E-state index contributed by atoms with van der Waals surface area (Å²) in [5.41, 5.74) is 2.31. The summed E-state index contributed by atoms with van der Waals surface area (Å²) in [5, 5.41) is 2.65. The predicted molar refractivity (Wildman–Crippen MR) is 85.8 cm³/mol. The highest BCUT2D eigenvalue weighted by atomic mass is 16.5. The number of carbonyl (C=O) groups excluding carboxylic acids is 2. The molecule has 2 aromatic carbocycles. The zero-order valence-electron chi connectivity index (χ0n) is 12.3. The fourth-order valence-corrected chi connectivity index (χ4v) is 2.19. The van der Waals surface area contributed by atoms with Crippen LogP contribution < -0.4 is 5.32 Å². The molecule has 0 radical (unpaired) electrons. The third-order valence-corrected chi connectivity index (χ3v) is 3.25. The van der Waals surface area contributed by atoms with Crippen molar-refractivity contribution in [1.82, 2.24) is 9.55 Å². The van der Waals surface area contributed by atoms with E-state index in [4.69, 9.17) is 4.74 Å². The van der Waals surface area contributed by atoms with E-state index in [1.165, 1.54) is 0 Å². The van der Waals surface area contributed by atoms with Crippen LogP contribution in [0.5, 0.6) is 0 Å². The summed E-state index contributed by atoms with van der Waals surface area (Å²) >= 11 is 0. The Morgan fingerprint density at radius 3 is 2.61 bits per heavy atom. The van der Waals surface area contributed by atoms with Crippen LogP contribution in [0.3, 0.4) is 0 Å². The van der Waals surface area contributed by atoms with E-state index in [9.17, 15) is 9.59 Å². The van der Waals surface area contributed by atoms with E-state index in [-0.39, 0.29) is 19.1 Å². The number of nitrogens with zero attached hydrogens (tertiary/aromatic N) is 2. The molecule has 0 fully saturated rings. The summed E-state index contributed by atoms with van der Waals surface area (Å²) in [5.74, 6) is -0.864. The maximum Gasteiger partial charge on any atom is 0.326 e. The number of carbonyl (C=O) groups is 2. The number of aromatic nitrogens is 2. The Kier molecular flexibility index (Phi) is 4.33. The molecule has 0 saturated heterocycles. The molecule has 3 rings (SSSR count). The normalized spacial score (nSPS) is 10.4. The molecule has 0 unspecified atom stereocenters. The second kappa shape index (κ2) is 6.74. The Bertz CT molecular complexity index is 827. The Hall–Kier alpha value is -3.15. The Morgan fingerprint density at radius 1 is 1.04 bits per heavy atom. The fourth-order valence-electron chi connectivity index (χ4n) is 2.19. The third kappa shape index (κ3) is 3.74. The summed E-state index contributed by atoms with van der Waals surface area (Å²) in [7, 11) is 0. The van der Waals surface area contributed by atoms with Crippen molar-refractivity contribution >= 4 is 28.6 Å². The van der Waals surface area contributed by atoms with Crippen molar-refractivity contribution in [2.45, 2.75) is 6.54 Å². The van der Waals surface area contributed by atoms with Gasteiger partial charge < -0.3 is 14.6 Å². The summed E-state index contributed by atoms with van der Waals surface area (Å²) in [6.07, 6.45) is 1.58. The zero-order chi connectivity index (χ0) is 16.1. The molecular formula is C17H15N3O3. The van der Waals surface area contributed by atoms with E-state index < -0.39 is 5.97 Å². The second-order valence-electron chi connectivity index (χ2n) is 4.94. The number of hydrogen-bond donors (Lipinski definition) is 1. The third-order valence-electron chi connectivity index (χ3n) is 3.25. The minimum absolute atomic E-state index is 0.0130. The Balaban J connectivity index is 1.52. The van der Waals surface area contributed by atoms with Gasteiger partial charge in [0, 0.05) is 5.69 Å². The number of esters is 1. The molecular weight excluding hydrogens is 294 g/mol. The number of ether oxygens (including phenoxy) is 1. The highest BCUT2D eigenvalue weighted by Gasteiger charge is 2.10. The lowest BCUT2D eigenvalue weighted by atomic mass is 10.3. The smallest absolute Gasteiger partial charge is 0.326 e. The first-order chi connectivity index (χ1) is 11.2. The molecule has 1 N–H and O–H groups in total. The molecule has 1 heterocycles. The minimum atomic E-state index is -0.489. The number of amides is 1. The van der Waals surface area contributed by atoms with Crippen LogP contribution in [0.2, 0.25) is 0 Å². The predicted octanol–water partition coefficient (Wildman–Crippen LogP) is 2.22. The molecule has 3 aromatic rings. The fraction of sp³-hybridized carbons (Fsp3) is 0.118. The minimum Gasteiger partial charge on any atom is -0.454 e. The van der Waals surface area contributed by atoms with Crippen molar-refractivity contribution in [1.29, 1.82) is 0 Å². The van der Waals surface area contributed by atoms with E-state index in [1.54, 1.807) is 23.0 Å². The Labute approximate surface area is 132 Å². The lowest BCUT2D eigenvalue weighted by molar-refractivity contribution is -0.147.